The van der Waals surface area contributed by atoms with Crippen LogP contribution in [0.4, 0.5) is 11.5 Å². The van der Waals surface area contributed by atoms with Crippen molar-refractivity contribution in [2.75, 3.05) is 11.1 Å². The molecule has 1 aromatic heterocycles. The summed E-state index contributed by atoms with van der Waals surface area (Å²) in [4.78, 5) is 4.18. The number of halogens is 1. The van der Waals surface area contributed by atoms with Gasteiger partial charge in [0.1, 0.15) is 5.82 Å². The van der Waals surface area contributed by atoms with Gasteiger partial charge in [0.2, 0.25) is 0 Å². The van der Waals surface area contributed by atoms with Gasteiger partial charge in [0.05, 0.1) is 16.9 Å². The number of rotatable bonds is 4. The van der Waals surface area contributed by atoms with E-state index < -0.39 is 0 Å². The summed E-state index contributed by atoms with van der Waals surface area (Å²) in [5.41, 5.74) is 6.16. The third-order valence-corrected chi connectivity index (χ3v) is 2.48. The van der Waals surface area contributed by atoms with E-state index in [4.69, 9.17) is 17.3 Å². The molecule has 1 rings (SSSR count). The fraction of sp³-hybridized carbons (Fsp3) is 0.545. The average molecular weight is 228 g/mol. The van der Waals surface area contributed by atoms with Crippen LogP contribution in [0.25, 0.3) is 0 Å². The van der Waals surface area contributed by atoms with Crippen LogP contribution in [-0.2, 0) is 0 Å². The second-order valence-electron chi connectivity index (χ2n) is 4.36. The lowest BCUT2D eigenvalue weighted by Gasteiger charge is -2.26. The molecule has 0 unspecified atom stereocenters. The first kappa shape index (κ1) is 12.1. The predicted octanol–water partition coefficient (Wildman–Crippen LogP) is 3.31. The molecule has 0 aliphatic carbocycles. The minimum atomic E-state index is 0.00149. The number of hydrogen-bond acceptors (Lipinski definition) is 3. The molecule has 0 bridgehead atoms. The molecule has 0 radical (unpaired) electrons. The number of nitrogens with zero attached hydrogens (tertiary/aromatic N) is 1. The molecule has 0 fully saturated rings. The quantitative estimate of drug-likeness (QED) is 0.830. The first-order chi connectivity index (χ1) is 6.94. The Balaban J connectivity index is 2.80. The minimum absolute atomic E-state index is 0.00149. The van der Waals surface area contributed by atoms with Gasteiger partial charge in [-0.2, -0.15) is 0 Å². The van der Waals surface area contributed by atoms with Crippen LogP contribution in [0.2, 0.25) is 5.02 Å². The summed E-state index contributed by atoms with van der Waals surface area (Å²) < 4.78 is 0. The Morgan fingerprint density at radius 3 is 2.73 bits per heavy atom. The van der Waals surface area contributed by atoms with Gasteiger partial charge in [-0.15, -0.1) is 0 Å². The molecule has 3 N–H and O–H groups in total. The Morgan fingerprint density at radius 1 is 1.53 bits per heavy atom. The van der Waals surface area contributed by atoms with Crippen molar-refractivity contribution >= 4 is 23.1 Å². The molecule has 0 saturated carbocycles. The second-order valence-corrected chi connectivity index (χ2v) is 4.77. The number of anilines is 2. The maximum Gasteiger partial charge on any atom is 0.145 e. The van der Waals surface area contributed by atoms with Crippen molar-refractivity contribution in [2.45, 2.75) is 39.2 Å². The van der Waals surface area contributed by atoms with Crippen LogP contribution in [0.5, 0.6) is 0 Å². The van der Waals surface area contributed by atoms with E-state index in [1.54, 1.807) is 12.3 Å². The van der Waals surface area contributed by atoms with Crippen molar-refractivity contribution in [1.82, 2.24) is 4.98 Å². The lowest BCUT2D eigenvalue weighted by atomic mass is 9.99. The second kappa shape index (κ2) is 4.71. The number of pyridine rings is 1. The molecule has 0 spiro atoms. The van der Waals surface area contributed by atoms with E-state index in [9.17, 15) is 0 Å². The molecule has 0 saturated heterocycles. The van der Waals surface area contributed by atoms with E-state index in [1.807, 2.05) is 0 Å². The third kappa shape index (κ3) is 3.59. The standard InChI is InChI=1S/C11H18ClN3/c1-4-5-11(2,3)15-10-9(12)6-8(13)7-14-10/h6-7H,4-5,13H2,1-3H3,(H,14,15). The van der Waals surface area contributed by atoms with Gasteiger partial charge in [0, 0.05) is 5.54 Å². The SMILES string of the molecule is CCCC(C)(C)Nc1ncc(N)cc1Cl. The topological polar surface area (TPSA) is 50.9 Å². The highest BCUT2D eigenvalue weighted by Crippen LogP contribution is 2.25. The van der Waals surface area contributed by atoms with Gasteiger partial charge in [-0.25, -0.2) is 4.98 Å². The maximum atomic E-state index is 6.03. The van der Waals surface area contributed by atoms with E-state index in [2.05, 4.69) is 31.1 Å². The van der Waals surface area contributed by atoms with Crippen molar-refractivity contribution in [2.24, 2.45) is 0 Å². The highest BCUT2D eigenvalue weighted by molar-refractivity contribution is 6.33. The maximum absolute atomic E-state index is 6.03. The summed E-state index contributed by atoms with van der Waals surface area (Å²) in [7, 11) is 0. The first-order valence-electron chi connectivity index (χ1n) is 5.14. The Bertz CT molecular complexity index is 337. The molecular formula is C11H18ClN3. The van der Waals surface area contributed by atoms with E-state index in [-0.39, 0.29) is 5.54 Å². The zero-order valence-corrected chi connectivity index (χ0v) is 10.2. The first-order valence-corrected chi connectivity index (χ1v) is 5.51. The van der Waals surface area contributed by atoms with Gasteiger partial charge in [-0.3, -0.25) is 0 Å². The molecule has 0 aliphatic rings. The number of aromatic nitrogens is 1. The number of nitrogen functional groups attached to an aromatic ring is 1. The molecule has 3 nitrogen and oxygen atoms in total. The predicted molar refractivity (Wildman–Crippen MR) is 66.3 cm³/mol. The smallest absolute Gasteiger partial charge is 0.145 e. The summed E-state index contributed by atoms with van der Waals surface area (Å²) in [6.45, 7) is 6.41. The third-order valence-electron chi connectivity index (χ3n) is 2.19. The Kier molecular flexibility index (Phi) is 3.80. The normalized spacial score (nSPS) is 11.5. The van der Waals surface area contributed by atoms with Gasteiger partial charge in [-0.05, 0) is 26.3 Å². The zero-order valence-electron chi connectivity index (χ0n) is 9.47. The van der Waals surface area contributed by atoms with Crippen LogP contribution in [0.1, 0.15) is 33.6 Å². The largest absolute Gasteiger partial charge is 0.397 e. The molecule has 0 aliphatic heterocycles. The Morgan fingerprint density at radius 2 is 2.20 bits per heavy atom. The van der Waals surface area contributed by atoms with E-state index >= 15 is 0 Å². The number of hydrogen-bond donors (Lipinski definition) is 2. The van der Waals surface area contributed by atoms with Gasteiger partial charge in [0.25, 0.3) is 0 Å². The molecule has 4 heteroatoms. The molecule has 1 aromatic rings. The van der Waals surface area contributed by atoms with Crippen LogP contribution in [0, 0.1) is 0 Å². The monoisotopic (exact) mass is 227 g/mol. The molecule has 1 heterocycles. The molecular weight excluding hydrogens is 210 g/mol. The lowest BCUT2D eigenvalue weighted by molar-refractivity contribution is 0.509. The summed E-state index contributed by atoms with van der Waals surface area (Å²) >= 11 is 6.03. The Hall–Kier alpha value is -0.960. The van der Waals surface area contributed by atoms with E-state index in [1.165, 1.54) is 0 Å². The fourth-order valence-electron chi connectivity index (χ4n) is 1.55. The van der Waals surface area contributed by atoms with Crippen LogP contribution < -0.4 is 11.1 Å². The molecule has 15 heavy (non-hydrogen) atoms. The van der Waals surface area contributed by atoms with E-state index in [0.29, 0.717) is 16.5 Å². The highest BCUT2D eigenvalue weighted by atomic mass is 35.5. The van der Waals surface area contributed by atoms with Gasteiger partial charge in [-0.1, -0.05) is 24.9 Å². The summed E-state index contributed by atoms with van der Waals surface area (Å²) in [5.74, 6) is 0.698. The van der Waals surface area contributed by atoms with Gasteiger partial charge in [0.15, 0.2) is 0 Å². The van der Waals surface area contributed by atoms with Crippen LogP contribution in [-0.4, -0.2) is 10.5 Å². The lowest BCUT2D eigenvalue weighted by Crippen LogP contribution is -2.31. The average Bonchev–Trinajstić information content (AvgIpc) is 2.09. The van der Waals surface area contributed by atoms with Gasteiger partial charge >= 0.3 is 0 Å². The number of nitrogens with two attached hydrogens (primary N) is 1. The van der Waals surface area contributed by atoms with Gasteiger partial charge < -0.3 is 11.1 Å². The summed E-state index contributed by atoms with van der Waals surface area (Å²) in [6.07, 6.45) is 3.79. The fourth-order valence-corrected chi connectivity index (χ4v) is 1.77. The molecule has 0 aromatic carbocycles. The van der Waals surface area contributed by atoms with Crippen molar-refractivity contribution < 1.29 is 0 Å². The Labute approximate surface area is 96.0 Å². The van der Waals surface area contributed by atoms with Crippen molar-refractivity contribution in [1.29, 1.82) is 0 Å². The molecule has 0 atom stereocenters. The highest BCUT2D eigenvalue weighted by Gasteiger charge is 2.17. The van der Waals surface area contributed by atoms with Crippen molar-refractivity contribution in [3.8, 4) is 0 Å². The van der Waals surface area contributed by atoms with Crippen molar-refractivity contribution in [3.05, 3.63) is 17.3 Å². The summed E-state index contributed by atoms with van der Waals surface area (Å²) in [5, 5.41) is 3.88. The van der Waals surface area contributed by atoms with Crippen molar-refractivity contribution in [3.63, 3.8) is 0 Å². The zero-order chi connectivity index (χ0) is 11.5. The van der Waals surface area contributed by atoms with Crippen LogP contribution >= 0.6 is 11.6 Å². The van der Waals surface area contributed by atoms with Crippen LogP contribution in [0.3, 0.4) is 0 Å². The minimum Gasteiger partial charge on any atom is -0.397 e. The molecule has 84 valence electrons. The molecule has 0 amide bonds. The van der Waals surface area contributed by atoms with E-state index in [0.717, 1.165) is 12.8 Å². The van der Waals surface area contributed by atoms with Crippen LogP contribution in [0.15, 0.2) is 12.3 Å². The summed E-state index contributed by atoms with van der Waals surface area (Å²) in [6, 6.07) is 1.71. The number of nitrogens with one attached hydrogen (secondary N) is 1.